The molecule has 3 rings (SSSR count). The number of nitrogens with zero attached hydrogens (tertiary/aromatic N) is 2. The maximum atomic E-state index is 12.7. The van der Waals surface area contributed by atoms with Crippen LogP contribution in [0.25, 0.3) is 10.9 Å². The molecule has 0 bridgehead atoms. The van der Waals surface area contributed by atoms with Crippen LogP contribution in [0.1, 0.15) is 16.2 Å². The number of fused-ring (bicyclic) bond motifs is 1. The Balaban J connectivity index is 1.94. The van der Waals surface area contributed by atoms with Gasteiger partial charge in [0.05, 0.1) is 17.5 Å². The van der Waals surface area contributed by atoms with Crippen LogP contribution in [0.15, 0.2) is 59.4 Å². The minimum absolute atomic E-state index is 0.0249. The van der Waals surface area contributed by atoms with Gasteiger partial charge in [0.2, 0.25) is 0 Å². The van der Waals surface area contributed by atoms with Crippen LogP contribution in [0.2, 0.25) is 0 Å². The molecule has 24 heavy (non-hydrogen) atoms. The second-order valence-corrected chi connectivity index (χ2v) is 5.37. The van der Waals surface area contributed by atoms with E-state index in [1.54, 1.807) is 24.3 Å². The molecule has 0 aliphatic rings. The lowest BCUT2D eigenvalue weighted by Gasteiger charge is -2.21. The lowest BCUT2D eigenvalue weighted by atomic mass is 10.2. The Labute approximate surface area is 138 Å². The van der Waals surface area contributed by atoms with Crippen molar-refractivity contribution in [1.82, 2.24) is 14.9 Å². The number of hydrogen-bond acceptors (Lipinski definition) is 4. The van der Waals surface area contributed by atoms with Crippen LogP contribution in [0.5, 0.6) is 0 Å². The zero-order chi connectivity index (χ0) is 16.9. The largest absolute Gasteiger partial charge is 0.395 e. The summed E-state index contributed by atoms with van der Waals surface area (Å²) in [4.78, 5) is 33.1. The molecule has 2 N–H and O–H groups in total. The molecule has 0 saturated carbocycles. The van der Waals surface area contributed by atoms with Gasteiger partial charge in [-0.25, -0.2) is 4.98 Å². The van der Waals surface area contributed by atoms with Crippen molar-refractivity contribution in [3.05, 3.63) is 76.3 Å². The van der Waals surface area contributed by atoms with E-state index in [-0.39, 0.29) is 24.5 Å². The first kappa shape index (κ1) is 15.9. The number of aliphatic hydroxyl groups is 1. The predicted molar refractivity (Wildman–Crippen MR) is 90.6 cm³/mol. The predicted octanol–water partition coefficient (Wildman–Crippen LogP) is 1.56. The van der Waals surface area contributed by atoms with Crippen LogP contribution >= 0.6 is 0 Å². The molecule has 0 spiro atoms. The highest BCUT2D eigenvalue weighted by Crippen LogP contribution is 2.10. The van der Waals surface area contributed by atoms with E-state index in [0.717, 1.165) is 5.56 Å². The highest BCUT2D eigenvalue weighted by Gasteiger charge is 2.19. The number of carbonyl (C=O) groups is 1. The molecule has 122 valence electrons. The smallest absolute Gasteiger partial charge is 0.290 e. The molecule has 6 nitrogen and oxygen atoms in total. The Hall–Kier alpha value is -2.99. The maximum Gasteiger partial charge on any atom is 0.290 e. The van der Waals surface area contributed by atoms with Gasteiger partial charge in [-0.05, 0) is 17.7 Å². The van der Waals surface area contributed by atoms with E-state index in [2.05, 4.69) is 9.97 Å². The monoisotopic (exact) mass is 323 g/mol. The fraction of sp³-hybridized carbons (Fsp3) is 0.167. The van der Waals surface area contributed by atoms with Crippen LogP contribution in [0.3, 0.4) is 0 Å². The molecule has 0 aliphatic heterocycles. The van der Waals surface area contributed by atoms with E-state index in [4.69, 9.17) is 0 Å². The van der Waals surface area contributed by atoms with Gasteiger partial charge in [-0.2, -0.15) is 0 Å². The van der Waals surface area contributed by atoms with Gasteiger partial charge < -0.3 is 15.0 Å². The number of aromatic amines is 1. The van der Waals surface area contributed by atoms with Crippen molar-refractivity contribution in [2.75, 3.05) is 13.2 Å². The average molecular weight is 323 g/mol. The van der Waals surface area contributed by atoms with Crippen molar-refractivity contribution in [1.29, 1.82) is 0 Å². The van der Waals surface area contributed by atoms with Crippen LogP contribution < -0.4 is 5.56 Å². The molecule has 1 aromatic heterocycles. The highest BCUT2D eigenvalue weighted by atomic mass is 16.3. The summed E-state index contributed by atoms with van der Waals surface area (Å²) in [6.07, 6.45) is 0. The summed E-state index contributed by atoms with van der Waals surface area (Å²) in [5.41, 5.74) is 1.04. The zero-order valence-electron chi connectivity index (χ0n) is 13.0. The summed E-state index contributed by atoms with van der Waals surface area (Å²) in [5, 5.41) is 9.69. The summed E-state index contributed by atoms with van der Waals surface area (Å²) in [6, 6.07) is 16.3. The van der Waals surface area contributed by atoms with Crippen molar-refractivity contribution < 1.29 is 9.90 Å². The van der Waals surface area contributed by atoms with Gasteiger partial charge in [-0.1, -0.05) is 42.5 Å². The summed E-state index contributed by atoms with van der Waals surface area (Å²) in [5.74, 6) is -0.446. The lowest BCUT2D eigenvalue weighted by Crippen LogP contribution is -2.35. The minimum atomic E-state index is -0.421. The number of aromatic nitrogens is 2. The van der Waals surface area contributed by atoms with Crippen molar-refractivity contribution >= 4 is 16.8 Å². The van der Waals surface area contributed by atoms with Crippen LogP contribution in [-0.2, 0) is 6.54 Å². The maximum absolute atomic E-state index is 12.7. The van der Waals surface area contributed by atoms with E-state index in [0.29, 0.717) is 17.4 Å². The molecule has 0 saturated heterocycles. The molecule has 0 aliphatic carbocycles. The Bertz CT molecular complexity index is 906. The fourth-order valence-corrected chi connectivity index (χ4v) is 2.51. The molecule has 2 aromatic carbocycles. The Kier molecular flexibility index (Phi) is 4.67. The van der Waals surface area contributed by atoms with Gasteiger partial charge >= 0.3 is 0 Å². The van der Waals surface area contributed by atoms with Crippen LogP contribution in [0, 0.1) is 0 Å². The summed E-state index contributed by atoms with van der Waals surface area (Å²) < 4.78 is 0. The van der Waals surface area contributed by atoms with E-state index in [1.807, 2.05) is 30.3 Å². The molecule has 0 unspecified atom stereocenters. The van der Waals surface area contributed by atoms with Crippen molar-refractivity contribution in [3.63, 3.8) is 0 Å². The number of aliphatic hydroxyl groups excluding tert-OH is 1. The van der Waals surface area contributed by atoms with Crippen molar-refractivity contribution in [2.24, 2.45) is 0 Å². The van der Waals surface area contributed by atoms with Crippen molar-refractivity contribution in [3.8, 4) is 0 Å². The summed E-state index contributed by atoms with van der Waals surface area (Å²) in [6.45, 7) is 0.317. The number of rotatable bonds is 5. The number of carbonyl (C=O) groups excluding carboxylic acids is 1. The van der Waals surface area contributed by atoms with E-state index < -0.39 is 5.91 Å². The van der Waals surface area contributed by atoms with Gasteiger partial charge in [-0.3, -0.25) is 9.59 Å². The summed E-state index contributed by atoms with van der Waals surface area (Å²) >= 11 is 0. The topological polar surface area (TPSA) is 86.3 Å². The fourth-order valence-electron chi connectivity index (χ4n) is 2.51. The molecule has 1 heterocycles. The standard InChI is InChI=1S/C18H17N3O3/c22-11-10-21(12-13-6-2-1-3-7-13)18(24)16-19-15-9-5-4-8-14(15)17(23)20-16/h1-9,22H,10-12H2,(H,19,20,23). The van der Waals surface area contributed by atoms with Gasteiger partial charge in [-0.15, -0.1) is 0 Å². The molecule has 6 heteroatoms. The number of benzene rings is 2. The third kappa shape index (κ3) is 3.33. The quantitative estimate of drug-likeness (QED) is 0.746. The second kappa shape index (κ2) is 7.06. The van der Waals surface area contributed by atoms with Gasteiger partial charge in [0.25, 0.3) is 11.5 Å². The van der Waals surface area contributed by atoms with E-state index in [1.165, 1.54) is 4.90 Å². The molecule has 1 amide bonds. The molecule has 0 radical (unpaired) electrons. The third-order valence-corrected chi connectivity index (χ3v) is 3.69. The number of H-pyrrole nitrogens is 1. The summed E-state index contributed by atoms with van der Waals surface area (Å²) in [7, 11) is 0. The molecular formula is C18H17N3O3. The minimum Gasteiger partial charge on any atom is -0.395 e. The van der Waals surface area contributed by atoms with Crippen LogP contribution in [-0.4, -0.2) is 39.0 Å². The van der Waals surface area contributed by atoms with Crippen LogP contribution in [0.4, 0.5) is 0 Å². The van der Waals surface area contributed by atoms with E-state index >= 15 is 0 Å². The van der Waals surface area contributed by atoms with Gasteiger partial charge in [0.15, 0.2) is 5.82 Å². The Morgan fingerprint density at radius 2 is 1.79 bits per heavy atom. The SMILES string of the molecule is O=C(c1nc2ccccc2c(=O)[nH]1)N(CCO)Cc1ccccc1. The Morgan fingerprint density at radius 3 is 2.54 bits per heavy atom. The lowest BCUT2D eigenvalue weighted by molar-refractivity contribution is 0.0695. The third-order valence-electron chi connectivity index (χ3n) is 3.69. The first-order valence-corrected chi connectivity index (χ1v) is 7.62. The molecular weight excluding hydrogens is 306 g/mol. The molecule has 0 fully saturated rings. The van der Waals surface area contributed by atoms with Gasteiger partial charge in [0, 0.05) is 13.1 Å². The van der Waals surface area contributed by atoms with Gasteiger partial charge in [0.1, 0.15) is 0 Å². The van der Waals surface area contributed by atoms with E-state index in [9.17, 15) is 14.7 Å². The second-order valence-electron chi connectivity index (χ2n) is 5.37. The number of hydrogen-bond donors (Lipinski definition) is 2. The molecule has 0 atom stereocenters. The zero-order valence-corrected chi connectivity index (χ0v) is 13.0. The first-order chi connectivity index (χ1) is 11.7. The number of nitrogens with one attached hydrogen (secondary N) is 1. The normalized spacial score (nSPS) is 10.7. The highest BCUT2D eigenvalue weighted by molar-refractivity contribution is 5.92. The van der Waals surface area contributed by atoms with Crippen molar-refractivity contribution in [2.45, 2.75) is 6.54 Å². The Morgan fingerprint density at radius 1 is 1.08 bits per heavy atom. The number of para-hydroxylation sites is 1. The molecule has 3 aromatic rings. The number of amides is 1. The first-order valence-electron chi connectivity index (χ1n) is 7.62. The average Bonchev–Trinajstić information content (AvgIpc) is 2.61.